The fraction of sp³-hybridized carbons (Fsp3) is 0.0909. The molecular formula is C11H7BrN6S2. The van der Waals surface area contributed by atoms with Crippen molar-refractivity contribution in [3.8, 4) is 10.7 Å². The van der Waals surface area contributed by atoms with E-state index in [0.29, 0.717) is 6.54 Å². The maximum atomic E-state index is 4.59. The zero-order valence-electron chi connectivity index (χ0n) is 9.97. The predicted octanol–water partition coefficient (Wildman–Crippen LogP) is 2.92. The summed E-state index contributed by atoms with van der Waals surface area (Å²) in [5.41, 5.74) is 0. The molecule has 9 heteroatoms. The first-order chi connectivity index (χ1) is 9.79. The molecule has 4 heterocycles. The van der Waals surface area contributed by atoms with Gasteiger partial charge in [0.15, 0.2) is 5.82 Å². The van der Waals surface area contributed by atoms with Crippen LogP contribution >= 0.6 is 38.6 Å². The third-order valence-electron chi connectivity index (χ3n) is 2.70. The van der Waals surface area contributed by atoms with Gasteiger partial charge in [-0.15, -0.1) is 21.5 Å². The number of thiophene rings is 1. The van der Waals surface area contributed by atoms with Gasteiger partial charge in [0, 0.05) is 12.4 Å². The van der Waals surface area contributed by atoms with E-state index in [2.05, 4.69) is 36.2 Å². The van der Waals surface area contributed by atoms with Gasteiger partial charge >= 0.3 is 0 Å². The first-order valence-electron chi connectivity index (χ1n) is 5.72. The topological polar surface area (TPSA) is 60.9 Å². The minimum absolute atomic E-state index is 0.696. The Morgan fingerprint density at radius 1 is 1.20 bits per heavy atom. The number of hydrogen-bond acceptors (Lipinski definition) is 6. The van der Waals surface area contributed by atoms with Gasteiger partial charge < -0.3 is 4.57 Å². The largest absolute Gasteiger partial charge is 0.331 e. The second-order valence-corrected chi connectivity index (χ2v) is 7.56. The van der Waals surface area contributed by atoms with E-state index >= 15 is 0 Å². The molecule has 4 aromatic heterocycles. The first-order valence-corrected chi connectivity index (χ1v) is 8.15. The number of rotatable bonds is 3. The molecule has 0 aliphatic rings. The van der Waals surface area contributed by atoms with Crippen molar-refractivity contribution < 1.29 is 0 Å². The number of hydrogen-bond donors (Lipinski definition) is 0. The Kier molecular flexibility index (Phi) is 2.90. The van der Waals surface area contributed by atoms with Crippen molar-refractivity contribution in [1.29, 1.82) is 0 Å². The molecule has 20 heavy (non-hydrogen) atoms. The van der Waals surface area contributed by atoms with Gasteiger partial charge in [-0.3, -0.25) is 0 Å². The van der Waals surface area contributed by atoms with Gasteiger partial charge in [0.1, 0.15) is 5.01 Å². The van der Waals surface area contributed by atoms with Crippen molar-refractivity contribution in [2.75, 3.05) is 0 Å². The number of imidazole rings is 1. The van der Waals surface area contributed by atoms with E-state index in [0.717, 1.165) is 24.5 Å². The van der Waals surface area contributed by atoms with E-state index in [1.165, 1.54) is 0 Å². The summed E-state index contributed by atoms with van der Waals surface area (Å²) in [5.74, 6) is 0.781. The molecule has 0 bridgehead atoms. The molecule has 0 spiro atoms. The quantitative estimate of drug-likeness (QED) is 0.559. The molecule has 0 fully saturated rings. The highest BCUT2D eigenvalue weighted by Gasteiger charge is 2.14. The van der Waals surface area contributed by atoms with Gasteiger partial charge in [-0.2, -0.15) is 9.61 Å². The second kappa shape index (κ2) is 4.76. The summed E-state index contributed by atoms with van der Waals surface area (Å²) >= 11 is 6.62. The fourth-order valence-electron chi connectivity index (χ4n) is 1.85. The molecule has 0 saturated heterocycles. The number of nitrogens with zero attached hydrogens (tertiary/aromatic N) is 6. The summed E-state index contributed by atoms with van der Waals surface area (Å²) in [6.07, 6.45) is 5.45. The molecule has 0 N–H and O–H groups in total. The van der Waals surface area contributed by atoms with E-state index in [1.807, 2.05) is 22.9 Å². The Morgan fingerprint density at radius 3 is 2.90 bits per heavy atom. The molecule has 0 atom stereocenters. The highest BCUT2D eigenvalue weighted by atomic mass is 79.9. The molecule has 0 saturated carbocycles. The normalized spacial score (nSPS) is 11.4. The van der Waals surface area contributed by atoms with Crippen LogP contribution in [0.4, 0.5) is 0 Å². The molecule has 0 aliphatic carbocycles. The van der Waals surface area contributed by atoms with Crippen molar-refractivity contribution >= 4 is 43.6 Å². The van der Waals surface area contributed by atoms with Crippen molar-refractivity contribution in [2.45, 2.75) is 6.54 Å². The van der Waals surface area contributed by atoms with Crippen LogP contribution < -0.4 is 0 Å². The predicted molar refractivity (Wildman–Crippen MR) is 81.0 cm³/mol. The van der Waals surface area contributed by atoms with Crippen LogP contribution in [0.5, 0.6) is 0 Å². The lowest BCUT2D eigenvalue weighted by Crippen LogP contribution is -1.97. The molecule has 0 aromatic carbocycles. The Hall–Kier alpha value is -1.58. The highest BCUT2D eigenvalue weighted by molar-refractivity contribution is 9.11. The SMILES string of the molecule is Brc1ccc(-c2nnc3sc(Cn4ccnc4)nn23)s1. The summed E-state index contributed by atoms with van der Waals surface area (Å²) in [6, 6.07) is 4.01. The number of aromatic nitrogens is 6. The van der Waals surface area contributed by atoms with Crippen LogP contribution in [0.15, 0.2) is 34.6 Å². The van der Waals surface area contributed by atoms with E-state index in [9.17, 15) is 0 Å². The molecule has 0 radical (unpaired) electrons. The monoisotopic (exact) mass is 366 g/mol. The van der Waals surface area contributed by atoms with Gasteiger partial charge in [0.05, 0.1) is 21.5 Å². The zero-order chi connectivity index (χ0) is 13.5. The maximum absolute atomic E-state index is 4.59. The summed E-state index contributed by atoms with van der Waals surface area (Å²) in [7, 11) is 0. The summed E-state index contributed by atoms with van der Waals surface area (Å²) in [5, 5.41) is 14.0. The second-order valence-electron chi connectivity index (χ2n) is 4.05. The molecule has 100 valence electrons. The molecular weight excluding hydrogens is 360 g/mol. The molecule has 0 unspecified atom stereocenters. The Labute approximate surface area is 129 Å². The Bertz CT molecular complexity index is 859. The van der Waals surface area contributed by atoms with Crippen LogP contribution in [0, 0.1) is 0 Å². The zero-order valence-corrected chi connectivity index (χ0v) is 13.2. The smallest absolute Gasteiger partial charge is 0.235 e. The van der Waals surface area contributed by atoms with Gasteiger partial charge in [-0.25, -0.2) is 4.98 Å². The Morgan fingerprint density at radius 2 is 2.15 bits per heavy atom. The van der Waals surface area contributed by atoms with Gasteiger partial charge in [-0.1, -0.05) is 11.3 Å². The van der Waals surface area contributed by atoms with Crippen molar-refractivity contribution in [3.05, 3.63) is 39.6 Å². The van der Waals surface area contributed by atoms with Crippen LogP contribution in [0.25, 0.3) is 15.7 Å². The van der Waals surface area contributed by atoms with Crippen molar-refractivity contribution in [1.82, 2.24) is 29.4 Å². The summed E-state index contributed by atoms with van der Waals surface area (Å²) in [6.45, 7) is 0.696. The van der Waals surface area contributed by atoms with E-state index in [-0.39, 0.29) is 0 Å². The van der Waals surface area contributed by atoms with E-state index in [1.54, 1.807) is 39.7 Å². The molecule has 0 amide bonds. The van der Waals surface area contributed by atoms with Gasteiger partial charge in [0.2, 0.25) is 4.96 Å². The first kappa shape index (κ1) is 12.2. The molecule has 4 aromatic rings. The fourth-order valence-corrected chi connectivity index (χ4v) is 4.04. The van der Waals surface area contributed by atoms with Gasteiger partial charge in [-0.05, 0) is 28.1 Å². The minimum atomic E-state index is 0.696. The number of fused-ring (bicyclic) bond motifs is 1. The summed E-state index contributed by atoms with van der Waals surface area (Å²) in [4.78, 5) is 5.88. The van der Waals surface area contributed by atoms with Crippen LogP contribution in [-0.4, -0.2) is 29.4 Å². The lowest BCUT2D eigenvalue weighted by atomic mass is 10.4. The number of halogens is 1. The molecule has 6 nitrogen and oxygen atoms in total. The van der Waals surface area contributed by atoms with Crippen molar-refractivity contribution in [3.63, 3.8) is 0 Å². The molecule has 4 rings (SSSR count). The highest BCUT2D eigenvalue weighted by Crippen LogP contribution is 2.31. The van der Waals surface area contributed by atoms with Crippen molar-refractivity contribution in [2.24, 2.45) is 0 Å². The standard InChI is InChI=1S/C11H7BrN6S2/c12-8-2-1-7(19-8)10-14-15-11-18(10)16-9(20-11)5-17-4-3-13-6-17/h1-4,6H,5H2. The average molecular weight is 367 g/mol. The summed E-state index contributed by atoms with van der Waals surface area (Å²) < 4.78 is 4.85. The lowest BCUT2D eigenvalue weighted by molar-refractivity contribution is 0.766. The lowest BCUT2D eigenvalue weighted by Gasteiger charge is -1.95. The maximum Gasteiger partial charge on any atom is 0.235 e. The third kappa shape index (κ3) is 2.07. The van der Waals surface area contributed by atoms with E-state index < -0.39 is 0 Å². The van der Waals surface area contributed by atoms with Crippen LogP contribution in [-0.2, 0) is 6.54 Å². The molecule has 0 aliphatic heterocycles. The van der Waals surface area contributed by atoms with Crippen LogP contribution in [0.1, 0.15) is 5.01 Å². The van der Waals surface area contributed by atoms with Crippen LogP contribution in [0.2, 0.25) is 0 Å². The van der Waals surface area contributed by atoms with E-state index in [4.69, 9.17) is 0 Å². The van der Waals surface area contributed by atoms with Crippen LogP contribution in [0.3, 0.4) is 0 Å². The third-order valence-corrected chi connectivity index (χ3v) is 5.21. The average Bonchev–Trinajstić information content (AvgIpc) is 3.13. The minimum Gasteiger partial charge on any atom is -0.331 e. The Balaban J connectivity index is 1.75. The van der Waals surface area contributed by atoms with Gasteiger partial charge in [0.25, 0.3) is 0 Å².